The maximum atomic E-state index is 12.9. The van der Waals surface area contributed by atoms with Gasteiger partial charge in [0.1, 0.15) is 0 Å². The Morgan fingerprint density at radius 2 is 1.07 bits per heavy atom. The van der Waals surface area contributed by atoms with Gasteiger partial charge in [0, 0.05) is 6.42 Å². The van der Waals surface area contributed by atoms with Gasteiger partial charge >= 0.3 is 23.0 Å². The van der Waals surface area contributed by atoms with Gasteiger partial charge in [-0.25, -0.2) is 8.42 Å². The van der Waals surface area contributed by atoms with Crippen molar-refractivity contribution >= 4 is 10.1 Å². The smallest absolute Gasteiger partial charge is 0.402 e. The maximum Gasteiger partial charge on any atom is 0.402 e. The van der Waals surface area contributed by atoms with Crippen LogP contribution < -0.4 is 0 Å². The summed E-state index contributed by atoms with van der Waals surface area (Å²) in [5.41, 5.74) is 0. The van der Waals surface area contributed by atoms with Crippen LogP contribution in [0.25, 0.3) is 0 Å². The van der Waals surface area contributed by atoms with Crippen molar-refractivity contribution in [2.75, 3.05) is 26.2 Å². The lowest BCUT2D eigenvalue weighted by molar-refractivity contribution is -0.921. The second kappa shape index (κ2) is 10.6. The van der Waals surface area contributed by atoms with E-state index in [0.717, 1.165) is 0 Å². The molecule has 0 radical (unpaired) electrons. The topological polar surface area (TPSA) is 57.2 Å². The summed E-state index contributed by atoms with van der Waals surface area (Å²) in [5.74, 6) is -19.4. The number of alkyl halides is 8. The molecule has 0 saturated carbocycles. The number of hydrogen-bond donors (Lipinski definition) is 0. The minimum Gasteiger partial charge on any atom is -0.743 e. The summed E-state index contributed by atoms with van der Waals surface area (Å²) in [6.07, 6.45) is -2.71. The third kappa shape index (κ3) is 6.39. The van der Waals surface area contributed by atoms with Crippen LogP contribution >= 0.6 is 0 Å². The van der Waals surface area contributed by atoms with Gasteiger partial charge in [-0.15, -0.1) is 0 Å². The highest BCUT2D eigenvalue weighted by Gasteiger charge is 2.82. The maximum absolute atomic E-state index is 12.9. The monoisotopic (exact) mass is 467 g/mol. The SMILES string of the molecule is CCCCC(F)(F)C(F)(F)C(F)(F)C(F)(F)S(=O)(=O)[O-].CC[N+](CC)(CC)CC. The molecule has 0 bridgehead atoms. The fraction of sp³-hybridized carbons (Fsp3) is 1.00. The Hall–Kier alpha value is -0.690. The number of rotatable bonds is 11. The number of unbranched alkanes of at least 4 members (excludes halogenated alkanes) is 1. The molecule has 0 rings (SSSR count). The first-order chi connectivity index (χ1) is 12.8. The van der Waals surface area contributed by atoms with Gasteiger partial charge in [-0.3, -0.25) is 0 Å². The lowest BCUT2D eigenvalue weighted by atomic mass is 9.99. The number of nitrogens with zero attached hydrogens (tertiary/aromatic N) is 1. The Bertz CT molecular complexity index is 575. The molecule has 0 amide bonds. The summed E-state index contributed by atoms with van der Waals surface area (Å²) in [4.78, 5) is 0. The van der Waals surface area contributed by atoms with Crippen molar-refractivity contribution < 1.29 is 52.6 Å². The van der Waals surface area contributed by atoms with Crippen molar-refractivity contribution in [2.45, 2.75) is 76.9 Å². The molecule has 0 aromatic heterocycles. The van der Waals surface area contributed by atoms with E-state index in [1.165, 1.54) is 37.6 Å². The standard InChI is InChI=1S/C8H10F8O3S.C8H20N/c1-2-3-4-5(9,10)6(11,12)7(13,14)8(15,16)20(17,18)19;1-5-9(6-2,7-3)8-4/h2-4H2,1H3,(H,17,18,19);5-8H2,1-4H3/q;+1/p-1. The van der Waals surface area contributed by atoms with E-state index in [2.05, 4.69) is 27.7 Å². The summed E-state index contributed by atoms with van der Waals surface area (Å²) in [7, 11) is -7.27. The molecule has 0 aliphatic rings. The quantitative estimate of drug-likeness (QED) is 0.241. The highest BCUT2D eigenvalue weighted by atomic mass is 32.2. The van der Waals surface area contributed by atoms with Gasteiger partial charge in [0.15, 0.2) is 10.1 Å². The summed E-state index contributed by atoms with van der Waals surface area (Å²) in [5, 5.41) is -6.88. The summed E-state index contributed by atoms with van der Waals surface area (Å²) >= 11 is 0. The lowest BCUT2D eigenvalue weighted by Gasteiger charge is -2.37. The Morgan fingerprint density at radius 1 is 0.724 bits per heavy atom. The predicted molar refractivity (Wildman–Crippen MR) is 91.4 cm³/mol. The summed E-state index contributed by atoms with van der Waals surface area (Å²) in [6.45, 7) is 15.5. The van der Waals surface area contributed by atoms with Gasteiger partial charge in [0.05, 0.1) is 26.2 Å². The van der Waals surface area contributed by atoms with Gasteiger partial charge < -0.3 is 9.04 Å². The molecule has 29 heavy (non-hydrogen) atoms. The molecule has 0 heterocycles. The molecule has 0 atom stereocenters. The van der Waals surface area contributed by atoms with Crippen LogP contribution in [0.3, 0.4) is 0 Å². The predicted octanol–water partition coefficient (Wildman–Crippen LogP) is 5.10. The van der Waals surface area contributed by atoms with E-state index in [9.17, 15) is 48.1 Å². The zero-order chi connectivity index (χ0) is 23.9. The highest BCUT2D eigenvalue weighted by Crippen LogP contribution is 2.55. The molecule has 0 spiro atoms. The second-order valence-corrected chi connectivity index (χ2v) is 7.96. The summed E-state index contributed by atoms with van der Waals surface area (Å²) in [6, 6.07) is 0. The first-order valence-electron chi connectivity index (χ1n) is 9.12. The molecular formula is C16H29F8NO3S. The average Bonchev–Trinajstić information content (AvgIpc) is 2.61. The second-order valence-electron chi connectivity index (χ2n) is 6.53. The molecule has 0 fully saturated rings. The minimum atomic E-state index is -7.27. The molecular weight excluding hydrogens is 438 g/mol. The van der Waals surface area contributed by atoms with Gasteiger partial charge in [0.2, 0.25) is 0 Å². The number of hydrogen-bond acceptors (Lipinski definition) is 3. The fourth-order valence-corrected chi connectivity index (χ4v) is 2.91. The Balaban J connectivity index is 0. The lowest BCUT2D eigenvalue weighted by Crippen LogP contribution is -2.64. The van der Waals surface area contributed by atoms with Crippen molar-refractivity contribution in [1.29, 1.82) is 0 Å². The van der Waals surface area contributed by atoms with Gasteiger partial charge in [0.25, 0.3) is 0 Å². The molecule has 178 valence electrons. The van der Waals surface area contributed by atoms with Crippen molar-refractivity contribution in [3.63, 3.8) is 0 Å². The van der Waals surface area contributed by atoms with E-state index in [1.54, 1.807) is 0 Å². The van der Waals surface area contributed by atoms with E-state index in [0.29, 0.717) is 0 Å². The van der Waals surface area contributed by atoms with Crippen LogP contribution in [0.2, 0.25) is 0 Å². The third-order valence-corrected chi connectivity index (χ3v) is 5.95. The number of halogens is 8. The van der Waals surface area contributed by atoms with E-state index in [-0.39, 0.29) is 6.42 Å². The minimum absolute atomic E-state index is 0.131. The van der Waals surface area contributed by atoms with Crippen LogP contribution in [0.15, 0.2) is 0 Å². The van der Waals surface area contributed by atoms with Crippen LogP contribution in [0.4, 0.5) is 35.1 Å². The van der Waals surface area contributed by atoms with Crippen LogP contribution in [-0.4, -0.2) is 66.7 Å². The van der Waals surface area contributed by atoms with E-state index in [1.807, 2.05) is 0 Å². The molecule has 0 aliphatic carbocycles. The van der Waals surface area contributed by atoms with Crippen LogP contribution in [-0.2, 0) is 10.1 Å². The average molecular weight is 467 g/mol. The van der Waals surface area contributed by atoms with Gasteiger partial charge in [-0.1, -0.05) is 13.3 Å². The zero-order valence-electron chi connectivity index (χ0n) is 17.1. The first kappa shape index (κ1) is 30.5. The van der Waals surface area contributed by atoms with E-state index in [4.69, 9.17) is 0 Å². The van der Waals surface area contributed by atoms with Crippen molar-refractivity contribution in [3.05, 3.63) is 0 Å². The van der Waals surface area contributed by atoms with E-state index < -0.39 is 46.0 Å². The summed E-state index contributed by atoms with van der Waals surface area (Å²) < 4.78 is 134. The van der Waals surface area contributed by atoms with Crippen LogP contribution in [0.5, 0.6) is 0 Å². The van der Waals surface area contributed by atoms with E-state index >= 15 is 0 Å². The Labute approximate surface area is 166 Å². The van der Waals surface area contributed by atoms with Crippen LogP contribution in [0, 0.1) is 0 Å². The fourth-order valence-electron chi connectivity index (χ4n) is 2.47. The molecule has 0 aromatic rings. The normalized spacial score (nSPS) is 14.4. The number of quaternary nitrogens is 1. The van der Waals surface area contributed by atoms with Crippen LogP contribution in [0.1, 0.15) is 53.9 Å². The van der Waals surface area contributed by atoms with Crippen molar-refractivity contribution in [3.8, 4) is 0 Å². The molecule has 0 N–H and O–H groups in total. The molecule has 4 nitrogen and oxygen atoms in total. The molecule has 0 unspecified atom stereocenters. The molecule has 0 aromatic carbocycles. The van der Waals surface area contributed by atoms with Gasteiger partial charge in [-0.2, -0.15) is 35.1 Å². The largest absolute Gasteiger partial charge is 0.743 e. The molecule has 0 saturated heterocycles. The zero-order valence-corrected chi connectivity index (χ0v) is 17.9. The molecule has 0 aliphatic heterocycles. The van der Waals surface area contributed by atoms with Gasteiger partial charge in [-0.05, 0) is 34.1 Å². The van der Waals surface area contributed by atoms with Crippen molar-refractivity contribution in [2.24, 2.45) is 0 Å². The first-order valence-corrected chi connectivity index (χ1v) is 10.5. The Morgan fingerprint density at radius 3 is 1.28 bits per heavy atom. The Kier molecular flexibility index (Phi) is 11.1. The van der Waals surface area contributed by atoms with Crippen molar-refractivity contribution in [1.82, 2.24) is 0 Å². The molecule has 13 heteroatoms. The third-order valence-electron chi connectivity index (χ3n) is 5.06. The highest BCUT2D eigenvalue weighted by molar-refractivity contribution is 7.86.